The SMILES string of the molecule is COc1cccc(-c2ccc(C(=O)N3CCc4[nH]cnc4C3c3cccnc3)o2)c1. The molecule has 30 heavy (non-hydrogen) atoms. The van der Waals surface area contributed by atoms with Gasteiger partial charge >= 0.3 is 0 Å². The average Bonchev–Trinajstić information content (AvgIpc) is 3.48. The molecule has 1 unspecified atom stereocenters. The highest BCUT2D eigenvalue weighted by atomic mass is 16.5. The Labute approximate surface area is 173 Å². The number of furan rings is 1. The summed E-state index contributed by atoms with van der Waals surface area (Å²) in [4.78, 5) is 27.1. The zero-order valence-electron chi connectivity index (χ0n) is 16.4. The number of fused-ring (bicyclic) bond motifs is 1. The molecular weight excluding hydrogens is 380 g/mol. The molecule has 0 bridgehead atoms. The molecule has 150 valence electrons. The Hall–Kier alpha value is -3.87. The number of methoxy groups -OCH3 is 1. The van der Waals surface area contributed by atoms with E-state index < -0.39 is 0 Å². The summed E-state index contributed by atoms with van der Waals surface area (Å²) in [5.74, 6) is 1.47. The average molecular weight is 400 g/mol. The molecule has 0 spiro atoms. The van der Waals surface area contributed by atoms with Crippen molar-refractivity contribution in [1.29, 1.82) is 0 Å². The summed E-state index contributed by atoms with van der Waals surface area (Å²) in [7, 11) is 1.62. The topological polar surface area (TPSA) is 84.2 Å². The second-order valence-electron chi connectivity index (χ2n) is 7.10. The van der Waals surface area contributed by atoms with Gasteiger partial charge in [-0.1, -0.05) is 18.2 Å². The summed E-state index contributed by atoms with van der Waals surface area (Å²) in [6, 6.07) is 14.6. The Bertz CT molecular complexity index is 1180. The number of amides is 1. The number of imidazole rings is 1. The van der Waals surface area contributed by atoms with Gasteiger partial charge in [0.1, 0.15) is 17.6 Å². The fourth-order valence-electron chi connectivity index (χ4n) is 3.90. The largest absolute Gasteiger partial charge is 0.497 e. The van der Waals surface area contributed by atoms with Gasteiger partial charge in [-0.25, -0.2) is 4.98 Å². The van der Waals surface area contributed by atoms with E-state index in [1.54, 1.807) is 36.8 Å². The molecule has 3 aromatic heterocycles. The number of hydrogen-bond acceptors (Lipinski definition) is 5. The lowest BCUT2D eigenvalue weighted by Gasteiger charge is -2.34. The van der Waals surface area contributed by atoms with Gasteiger partial charge in [0, 0.05) is 36.6 Å². The van der Waals surface area contributed by atoms with E-state index in [0.29, 0.717) is 24.5 Å². The van der Waals surface area contributed by atoms with Crippen LogP contribution in [0.15, 0.2) is 71.7 Å². The minimum absolute atomic E-state index is 0.174. The van der Waals surface area contributed by atoms with Crippen LogP contribution in [0.2, 0.25) is 0 Å². The summed E-state index contributed by atoms with van der Waals surface area (Å²) < 4.78 is 11.2. The van der Waals surface area contributed by atoms with Crippen LogP contribution in [0.25, 0.3) is 11.3 Å². The second kappa shape index (κ2) is 7.51. The number of carbonyl (C=O) groups excluding carboxylic acids is 1. The van der Waals surface area contributed by atoms with Crippen molar-refractivity contribution in [2.45, 2.75) is 12.5 Å². The van der Waals surface area contributed by atoms with Crippen molar-refractivity contribution in [1.82, 2.24) is 19.9 Å². The van der Waals surface area contributed by atoms with Crippen LogP contribution in [0.5, 0.6) is 5.75 Å². The molecule has 7 nitrogen and oxygen atoms in total. The zero-order valence-corrected chi connectivity index (χ0v) is 16.4. The van der Waals surface area contributed by atoms with E-state index in [9.17, 15) is 4.79 Å². The highest BCUT2D eigenvalue weighted by molar-refractivity contribution is 5.93. The van der Waals surface area contributed by atoms with Gasteiger partial charge < -0.3 is 19.0 Å². The standard InChI is InChI=1S/C23H20N4O3/c1-29-17-6-2-4-15(12-17)19-7-8-20(30-19)23(28)27-11-9-18-21(26-14-25-18)22(27)16-5-3-10-24-13-16/h2-8,10,12-14,22H,9,11H2,1H3,(H,25,26). The fraction of sp³-hybridized carbons (Fsp3) is 0.174. The molecule has 5 rings (SSSR count). The molecular formula is C23H20N4O3. The summed E-state index contributed by atoms with van der Waals surface area (Å²) >= 11 is 0. The number of nitrogens with one attached hydrogen (secondary N) is 1. The number of benzene rings is 1. The smallest absolute Gasteiger partial charge is 0.290 e. The molecule has 4 heterocycles. The van der Waals surface area contributed by atoms with Crippen molar-refractivity contribution >= 4 is 5.91 Å². The molecule has 1 aliphatic heterocycles. The molecule has 1 N–H and O–H groups in total. The van der Waals surface area contributed by atoms with Crippen LogP contribution in [-0.4, -0.2) is 39.4 Å². The molecule has 4 aromatic rings. The quantitative estimate of drug-likeness (QED) is 0.562. The molecule has 0 fully saturated rings. The summed E-state index contributed by atoms with van der Waals surface area (Å²) in [5, 5.41) is 0. The van der Waals surface area contributed by atoms with Crippen LogP contribution < -0.4 is 4.74 Å². The predicted molar refractivity (Wildman–Crippen MR) is 110 cm³/mol. The first-order valence-electron chi connectivity index (χ1n) is 9.72. The minimum atomic E-state index is -0.313. The first-order chi connectivity index (χ1) is 14.7. The van der Waals surface area contributed by atoms with E-state index in [2.05, 4.69) is 15.0 Å². The maximum Gasteiger partial charge on any atom is 0.290 e. The Balaban J connectivity index is 1.49. The monoisotopic (exact) mass is 400 g/mol. The van der Waals surface area contributed by atoms with Gasteiger partial charge in [0.2, 0.25) is 0 Å². The molecule has 0 saturated heterocycles. The number of aromatic nitrogens is 3. The second-order valence-corrected chi connectivity index (χ2v) is 7.10. The molecule has 0 aliphatic carbocycles. The lowest BCUT2D eigenvalue weighted by molar-refractivity contribution is 0.0658. The Morgan fingerprint density at radius 1 is 1.23 bits per heavy atom. The Kier molecular flexibility index (Phi) is 4.55. The van der Waals surface area contributed by atoms with Crippen LogP contribution in [0, 0.1) is 0 Å². The van der Waals surface area contributed by atoms with Crippen molar-refractivity contribution in [2.75, 3.05) is 13.7 Å². The zero-order chi connectivity index (χ0) is 20.5. The van der Waals surface area contributed by atoms with Gasteiger partial charge in [-0.05, 0) is 35.9 Å². The Morgan fingerprint density at radius 2 is 2.17 bits per heavy atom. The Morgan fingerprint density at radius 3 is 3.00 bits per heavy atom. The van der Waals surface area contributed by atoms with Gasteiger partial charge in [0.05, 0.1) is 19.1 Å². The molecule has 1 amide bonds. The molecule has 1 aromatic carbocycles. The van der Waals surface area contributed by atoms with Crippen molar-refractivity contribution in [3.8, 4) is 17.1 Å². The van der Waals surface area contributed by atoms with E-state index >= 15 is 0 Å². The van der Waals surface area contributed by atoms with E-state index in [4.69, 9.17) is 9.15 Å². The molecule has 1 atom stereocenters. The first kappa shape index (κ1) is 18.2. The highest BCUT2D eigenvalue weighted by Crippen LogP contribution is 2.35. The third-order valence-electron chi connectivity index (χ3n) is 5.36. The number of nitrogens with zero attached hydrogens (tertiary/aromatic N) is 3. The summed E-state index contributed by atoms with van der Waals surface area (Å²) in [6.07, 6.45) is 5.88. The van der Waals surface area contributed by atoms with Gasteiger partial charge in [0.25, 0.3) is 5.91 Å². The number of aromatic amines is 1. The normalized spacial score (nSPS) is 15.6. The number of hydrogen-bond donors (Lipinski definition) is 1. The molecule has 0 radical (unpaired) electrons. The lowest BCUT2D eigenvalue weighted by atomic mass is 9.96. The minimum Gasteiger partial charge on any atom is -0.497 e. The summed E-state index contributed by atoms with van der Waals surface area (Å²) in [6.45, 7) is 0.558. The number of pyridine rings is 1. The highest BCUT2D eigenvalue weighted by Gasteiger charge is 2.35. The van der Waals surface area contributed by atoms with Crippen LogP contribution in [0.3, 0.4) is 0 Å². The molecule has 1 aliphatic rings. The van der Waals surface area contributed by atoms with Crippen molar-refractivity contribution in [3.05, 3.63) is 90.0 Å². The van der Waals surface area contributed by atoms with E-state index in [-0.39, 0.29) is 11.9 Å². The maximum absolute atomic E-state index is 13.4. The molecule has 0 saturated carbocycles. The van der Waals surface area contributed by atoms with Gasteiger partial charge in [-0.15, -0.1) is 0 Å². The van der Waals surface area contributed by atoms with Gasteiger partial charge in [-0.3, -0.25) is 9.78 Å². The number of rotatable bonds is 4. The van der Waals surface area contributed by atoms with Crippen molar-refractivity contribution in [3.63, 3.8) is 0 Å². The van der Waals surface area contributed by atoms with Crippen LogP contribution in [0.4, 0.5) is 0 Å². The number of ether oxygens (including phenoxy) is 1. The number of H-pyrrole nitrogens is 1. The van der Waals surface area contributed by atoms with Crippen LogP contribution in [-0.2, 0) is 6.42 Å². The predicted octanol–water partition coefficient (Wildman–Crippen LogP) is 3.86. The maximum atomic E-state index is 13.4. The third-order valence-corrected chi connectivity index (χ3v) is 5.36. The van der Waals surface area contributed by atoms with Gasteiger partial charge in [-0.2, -0.15) is 0 Å². The molecule has 7 heteroatoms. The van der Waals surface area contributed by atoms with Crippen molar-refractivity contribution in [2.24, 2.45) is 0 Å². The van der Waals surface area contributed by atoms with Gasteiger partial charge in [0.15, 0.2) is 5.76 Å². The third kappa shape index (κ3) is 3.14. The van der Waals surface area contributed by atoms with E-state index in [0.717, 1.165) is 28.3 Å². The van der Waals surface area contributed by atoms with Crippen molar-refractivity contribution < 1.29 is 13.9 Å². The van der Waals surface area contributed by atoms with Crippen LogP contribution >= 0.6 is 0 Å². The number of carbonyl (C=O) groups is 1. The van der Waals surface area contributed by atoms with Crippen LogP contribution in [0.1, 0.15) is 33.5 Å². The van der Waals surface area contributed by atoms with E-state index in [1.807, 2.05) is 42.5 Å². The lowest BCUT2D eigenvalue weighted by Crippen LogP contribution is -2.40. The van der Waals surface area contributed by atoms with E-state index in [1.165, 1.54) is 0 Å². The fourth-order valence-corrected chi connectivity index (χ4v) is 3.90. The first-order valence-corrected chi connectivity index (χ1v) is 9.72. The summed E-state index contributed by atoms with van der Waals surface area (Å²) in [5.41, 5.74) is 3.66.